The third-order valence-electron chi connectivity index (χ3n) is 3.29. The van der Waals surface area contributed by atoms with Crippen molar-refractivity contribution in [1.29, 1.82) is 0 Å². The molecular weight excluding hydrogens is 314 g/mol. The number of hydrazone groups is 1. The Hall–Kier alpha value is -3.42. The molecule has 0 saturated heterocycles. The number of nitro benzene ring substituents is 1. The Morgan fingerprint density at radius 3 is 2.92 bits per heavy atom. The number of rotatable bonds is 5. The standard InChI is InChI=1S/C16H13N3O5/c20-16(8-11-4-5-14-15(7-11)24-10-23-14)18-17-9-12-2-1-3-13(6-12)19(21)22/h1-7,9H,8,10H2,(H,18,20)/b17-9-. The number of amides is 1. The van der Waals surface area contributed by atoms with Crippen molar-refractivity contribution < 1.29 is 19.2 Å². The Bertz CT molecular complexity index is 819. The Morgan fingerprint density at radius 2 is 2.08 bits per heavy atom. The van der Waals surface area contributed by atoms with Crippen molar-refractivity contribution in [2.24, 2.45) is 5.10 Å². The van der Waals surface area contributed by atoms with Crippen LogP contribution in [0.25, 0.3) is 0 Å². The average Bonchev–Trinajstić information content (AvgIpc) is 3.03. The summed E-state index contributed by atoms with van der Waals surface area (Å²) in [6.07, 6.45) is 1.48. The molecule has 2 aromatic carbocycles. The van der Waals surface area contributed by atoms with E-state index in [2.05, 4.69) is 10.5 Å². The number of nitro groups is 1. The second kappa shape index (κ2) is 6.78. The lowest BCUT2D eigenvalue weighted by Crippen LogP contribution is -2.19. The molecule has 0 spiro atoms. The summed E-state index contributed by atoms with van der Waals surface area (Å²) in [4.78, 5) is 22.1. The van der Waals surface area contributed by atoms with Gasteiger partial charge < -0.3 is 9.47 Å². The van der Waals surface area contributed by atoms with E-state index in [1.54, 1.807) is 30.3 Å². The SMILES string of the molecule is O=C(Cc1ccc2c(c1)OCO2)N/N=C\c1cccc([N+](=O)[O-])c1. The van der Waals surface area contributed by atoms with Crippen molar-refractivity contribution >= 4 is 17.8 Å². The fourth-order valence-corrected chi connectivity index (χ4v) is 2.17. The number of benzene rings is 2. The molecule has 1 aliphatic heterocycles. The largest absolute Gasteiger partial charge is 0.454 e. The molecule has 8 heteroatoms. The average molecular weight is 327 g/mol. The minimum atomic E-state index is -0.491. The Balaban J connectivity index is 1.57. The third-order valence-corrected chi connectivity index (χ3v) is 3.29. The van der Waals surface area contributed by atoms with Crippen LogP contribution in [0.15, 0.2) is 47.6 Å². The zero-order valence-electron chi connectivity index (χ0n) is 12.5. The Morgan fingerprint density at radius 1 is 1.25 bits per heavy atom. The van der Waals surface area contributed by atoms with Gasteiger partial charge in [-0.25, -0.2) is 5.43 Å². The first-order valence-corrected chi connectivity index (χ1v) is 7.07. The highest BCUT2D eigenvalue weighted by Gasteiger charge is 2.14. The van der Waals surface area contributed by atoms with Crippen LogP contribution in [0, 0.1) is 10.1 Å². The molecule has 24 heavy (non-hydrogen) atoms. The zero-order chi connectivity index (χ0) is 16.9. The van der Waals surface area contributed by atoms with E-state index in [1.807, 2.05) is 0 Å². The zero-order valence-corrected chi connectivity index (χ0v) is 12.5. The second-order valence-electron chi connectivity index (χ2n) is 5.01. The van der Waals surface area contributed by atoms with Crippen LogP contribution in [0.2, 0.25) is 0 Å². The lowest BCUT2D eigenvalue weighted by Gasteiger charge is -2.02. The molecule has 0 aromatic heterocycles. The number of carbonyl (C=O) groups is 1. The van der Waals surface area contributed by atoms with Gasteiger partial charge in [0.15, 0.2) is 11.5 Å². The summed E-state index contributed by atoms with van der Waals surface area (Å²) in [5.74, 6) is 0.957. The van der Waals surface area contributed by atoms with Gasteiger partial charge in [-0.2, -0.15) is 5.10 Å². The van der Waals surface area contributed by atoms with Crippen LogP contribution in [0.1, 0.15) is 11.1 Å². The number of non-ortho nitro benzene ring substituents is 1. The van der Waals surface area contributed by atoms with Crippen LogP contribution in [0.3, 0.4) is 0 Å². The number of nitrogens with one attached hydrogen (secondary N) is 1. The van der Waals surface area contributed by atoms with E-state index >= 15 is 0 Å². The number of hydrogen-bond donors (Lipinski definition) is 1. The van der Waals surface area contributed by atoms with Crippen molar-refractivity contribution in [1.82, 2.24) is 5.43 Å². The summed E-state index contributed by atoms with van der Waals surface area (Å²) in [6.45, 7) is 0.179. The second-order valence-corrected chi connectivity index (χ2v) is 5.01. The van der Waals surface area contributed by atoms with Crippen LogP contribution < -0.4 is 14.9 Å². The first-order valence-electron chi connectivity index (χ1n) is 7.07. The number of fused-ring (bicyclic) bond motifs is 1. The highest BCUT2D eigenvalue weighted by atomic mass is 16.7. The van der Waals surface area contributed by atoms with Gasteiger partial charge in [-0.3, -0.25) is 14.9 Å². The molecule has 2 aromatic rings. The molecule has 0 atom stereocenters. The lowest BCUT2D eigenvalue weighted by atomic mass is 10.1. The normalized spacial score (nSPS) is 12.3. The summed E-state index contributed by atoms with van der Waals surface area (Å²) >= 11 is 0. The van der Waals surface area contributed by atoms with Gasteiger partial charge in [-0.15, -0.1) is 0 Å². The van der Waals surface area contributed by atoms with Crippen LogP contribution >= 0.6 is 0 Å². The van der Waals surface area contributed by atoms with E-state index in [-0.39, 0.29) is 24.8 Å². The van der Waals surface area contributed by atoms with E-state index in [4.69, 9.17) is 9.47 Å². The smallest absolute Gasteiger partial charge is 0.270 e. The fraction of sp³-hybridized carbons (Fsp3) is 0.125. The third kappa shape index (κ3) is 3.67. The predicted octanol–water partition coefficient (Wildman–Crippen LogP) is 2.02. The molecule has 122 valence electrons. The van der Waals surface area contributed by atoms with Gasteiger partial charge in [0.1, 0.15) is 0 Å². The van der Waals surface area contributed by atoms with Gasteiger partial charge in [0, 0.05) is 17.7 Å². The Labute approximate surface area is 136 Å². The van der Waals surface area contributed by atoms with Crippen molar-refractivity contribution in [3.63, 3.8) is 0 Å². The molecular formula is C16H13N3O5. The van der Waals surface area contributed by atoms with E-state index in [9.17, 15) is 14.9 Å². The fourth-order valence-electron chi connectivity index (χ4n) is 2.17. The number of nitrogens with zero attached hydrogens (tertiary/aromatic N) is 2. The monoisotopic (exact) mass is 327 g/mol. The molecule has 0 fully saturated rings. The molecule has 0 aliphatic carbocycles. The summed E-state index contributed by atoms with van der Waals surface area (Å²) in [5, 5.41) is 14.5. The predicted molar refractivity (Wildman–Crippen MR) is 85.1 cm³/mol. The van der Waals surface area contributed by atoms with Gasteiger partial charge in [-0.1, -0.05) is 18.2 Å². The van der Waals surface area contributed by atoms with Crippen molar-refractivity contribution in [3.05, 3.63) is 63.7 Å². The van der Waals surface area contributed by atoms with Gasteiger partial charge in [-0.05, 0) is 17.7 Å². The summed E-state index contributed by atoms with van der Waals surface area (Å²) in [6, 6.07) is 11.2. The number of hydrogen-bond acceptors (Lipinski definition) is 6. The van der Waals surface area contributed by atoms with Crippen molar-refractivity contribution in [2.75, 3.05) is 6.79 Å². The highest BCUT2D eigenvalue weighted by molar-refractivity contribution is 5.83. The van der Waals surface area contributed by atoms with Crippen LogP contribution in [-0.4, -0.2) is 23.8 Å². The van der Waals surface area contributed by atoms with Gasteiger partial charge in [0.05, 0.1) is 17.6 Å². The summed E-state index contributed by atoms with van der Waals surface area (Å²) in [5.41, 5.74) is 3.64. The molecule has 3 rings (SSSR count). The maximum atomic E-state index is 11.9. The van der Waals surface area contributed by atoms with Crippen molar-refractivity contribution in [3.8, 4) is 11.5 Å². The molecule has 1 amide bonds. The highest BCUT2D eigenvalue weighted by Crippen LogP contribution is 2.32. The Kier molecular flexibility index (Phi) is 4.37. The lowest BCUT2D eigenvalue weighted by molar-refractivity contribution is -0.384. The van der Waals surface area contributed by atoms with E-state index in [1.165, 1.54) is 18.3 Å². The van der Waals surface area contributed by atoms with E-state index in [0.29, 0.717) is 17.1 Å². The summed E-state index contributed by atoms with van der Waals surface area (Å²) in [7, 11) is 0. The van der Waals surface area contributed by atoms with Gasteiger partial charge >= 0.3 is 0 Å². The maximum Gasteiger partial charge on any atom is 0.270 e. The molecule has 1 aliphatic rings. The molecule has 1 heterocycles. The molecule has 0 radical (unpaired) electrons. The maximum absolute atomic E-state index is 11.9. The molecule has 0 bridgehead atoms. The number of ether oxygens (including phenoxy) is 2. The first-order chi connectivity index (χ1) is 11.6. The van der Waals surface area contributed by atoms with Gasteiger partial charge in [0.2, 0.25) is 12.7 Å². The number of carbonyl (C=O) groups excluding carboxylic acids is 1. The van der Waals surface area contributed by atoms with Crippen LogP contribution in [0.5, 0.6) is 11.5 Å². The molecule has 0 saturated carbocycles. The van der Waals surface area contributed by atoms with Gasteiger partial charge in [0.25, 0.3) is 5.69 Å². The molecule has 0 unspecified atom stereocenters. The van der Waals surface area contributed by atoms with Crippen LogP contribution in [0.4, 0.5) is 5.69 Å². The van der Waals surface area contributed by atoms with Crippen LogP contribution in [-0.2, 0) is 11.2 Å². The quantitative estimate of drug-likeness (QED) is 0.514. The minimum absolute atomic E-state index is 0.0364. The van der Waals surface area contributed by atoms with E-state index < -0.39 is 4.92 Å². The molecule has 1 N–H and O–H groups in total. The van der Waals surface area contributed by atoms with Crippen molar-refractivity contribution in [2.45, 2.75) is 6.42 Å². The minimum Gasteiger partial charge on any atom is -0.454 e. The first kappa shape index (κ1) is 15.5. The topological polar surface area (TPSA) is 103 Å². The van der Waals surface area contributed by atoms with E-state index in [0.717, 1.165) is 5.56 Å². The molecule has 8 nitrogen and oxygen atoms in total. The summed E-state index contributed by atoms with van der Waals surface area (Å²) < 4.78 is 10.5.